The molecule has 7 nitrogen and oxygen atoms in total. The maximum atomic E-state index is 11.6. The lowest BCUT2D eigenvalue weighted by molar-refractivity contribution is 0.335. The lowest BCUT2D eigenvalue weighted by Crippen LogP contribution is -2.35. The summed E-state index contributed by atoms with van der Waals surface area (Å²) in [5, 5.41) is 6.27. The minimum atomic E-state index is -0.627. The molecule has 0 saturated heterocycles. The van der Waals surface area contributed by atoms with Gasteiger partial charge >= 0.3 is 0 Å². The third-order valence-corrected chi connectivity index (χ3v) is 3.22. The fraction of sp³-hybridized carbons (Fsp3) is 0.154. The van der Waals surface area contributed by atoms with E-state index in [1.807, 2.05) is 0 Å². The number of nitrogens with two attached hydrogens (primary N) is 2. The van der Waals surface area contributed by atoms with Crippen LogP contribution in [0.25, 0.3) is 0 Å². The third kappa shape index (κ3) is 2.89. The molecule has 0 aromatic heterocycles. The van der Waals surface area contributed by atoms with E-state index in [1.165, 1.54) is 0 Å². The molecule has 5 N–H and O–H groups in total. The molecule has 2 aromatic rings. The molecule has 0 atom stereocenters. The first-order chi connectivity index (χ1) is 9.97. The number of hydrazone groups is 1. The average molecular weight is 353 g/mol. The number of nitrogens with one attached hydrogen (secondary N) is 1. The molecule has 110 valence electrons. The summed E-state index contributed by atoms with van der Waals surface area (Å²) in [5.74, 6) is 5.34. The molecule has 0 spiro atoms. The first-order valence-corrected chi connectivity index (χ1v) is 6.84. The molecule has 0 heterocycles. The van der Waals surface area contributed by atoms with Gasteiger partial charge in [-0.2, -0.15) is 5.10 Å². The Bertz CT molecular complexity index is 778. The Labute approximate surface area is 128 Å². The SMILES string of the molecule is CCOc1c(Nc2cc(Br)cc(/C(N)=N/N)c2)c(=O)c1=O. The quantitative estimate of drug-likeness (QED) is 0.240. The number of rotatable bonds is 5. The first kappa shape index (κ1) is 15.0. The second kappa shape index (κ2) is 5.96. The van der Waals surface area contributed by atoms with Gasteiger partial charge in [0.05, 0.1) is 6.61 Å². The van der Waals surface area contributed by atoms with Crippen molar-refractivity contribution in [2.24, 2.45) is 16.7 Å². The topological polar surface area (TPSA) is 120 Å². The van der Waals surface area contributed by atoms with Gasteiger partial charge < -0.3 is 21.6 Å². The molecule has 0 saturated carbocycles. The molecule has 8 heteroatoms. The number of benzene rings is 1. The third-order valence-electron chi connectivity index (χ3n) is 2.76. The van der Waals surface area contributed by atoms with Crippen molar-refractivity contribution in [2.45, 2.75) is 6.92 Å². The number of anilines is 2. The molecule has 0 unspecified atom stereocenters. The number of nitrogens with zero attached hydrogens (tertiary/aromatic N) is 1. The van der Waals surface area contributed by atoms with Crippen molar-refractivity contribution in [2.75, 3.05) is 11.9 Å². The highest BCUT2D eigenvalue weighted by molar-refractivity contribution is 9.10. The van der Waals surface area contributed by atoms with E-state index in [9.17, 15) is 9.59 Å². The normalized spacial score (nSPS) is 11.6. The average Bonchev–Trinajstić information content (AvgIpc) is 2.49. The van der Waals surface area contributed by atoms with E-state index in [4.69, 9.17) is 16.3 Å². The summed E-state index contributed by atoms with van der Waals surface area (Å²) in [4.78, 5) is 23.0. The summed E-state index contributed by atoms with van der Waals surface area (Å²) in [6.45, 7) is 2.03. The van der Waals surface area contributed by atoms with Crippen LogP contribution in [-0.4, -0.2) is 12.4 Å². The van der Waals surface area contributed by atoms with Gasteiger partial charge in [0.25, 0.3) is 10.9 Å². The molecular weight excluding hydrogens is 340 g/mol. The van der Waals surface area contributed by atoms with Gasteiger partial charge in [-0.15, -0.1) is 0 Å². The van der Waals surface area contributed by atoms with Crippen molar-refractivity contribution in [1.29, 1.82) is 0 Å². The molecule has 0 aliphatic heterocycles. The fourth-order valence-corrected chi connectivity index (χ4v) is 2.29. The van der Waals surface area contributed by atoms with Crippen LogP contribution in [0.3, 0.4) is 0 Å². The second-order valence-corrected chi connectivity index (χ2v) is 5.08. The largest absolute Gasteiger partial charge is 0.488 e. The van der Waals surface area contributed by atoms with Gasteiger partial charge in [-0.1, -0.05) is 15.9 Å². The predicted octanol–water partition coefficient (Wildman–Crippen LogP) is 0.766. The molecule has 2 aromatic carbocycles. The number of ether oxygens (including phenoxy) is 1. The Hall–Kier alpha value is -2.35. The van der Waals surface area contributed by atoms with E-state index in [0.29, 0.717) is 22.3 Å². The maximum absolute atomic E-state index is 11.6. The Balaban J connectivity index is 2.37. The van der Waals surface area contributed by atoms with Gasteiger partial charge in [-0.3, -0.25) is 9.59 Å². The van der Waals surface area contributed by atoms with Crippen LogP contribution in [0.5, 0.6) is 5.75 Å². The molecular formula is C13H13BrN4O3. The van der Waals surface area contributed by atoms with Crippen LogP contribution in [0.4, 0.5) is 11.4 Å². The summed E-state index contributed by atoms with van der Waals surface area (Å²) in [6, 6.07) is 5.10. The predicted molar refractivity (Wildman–Crippen MR) is 84.9 cm³/mol. The fourth-order valence-electron chi connectivity index (χ4n) is 1.79. The van der Waals surface area contributed by atoms with Crippen LogP contribution >= 0.6 is 15.9 Å². The van der Waals surface area contributed by atoms with Crippen molar-refractivity contribution in [3.8, 4) is 5.75 Å². The highest BCUT2D eigenvalue weighted by Gasteiger charge is 2.22. The monoisotopic (exact) mass is 352 g/mol. The minimum Gasteiger partial charge on any atom is -0.488 e. The molecule has 0 amide bonds. The van der Waals surface area contributed by atoms with E-state index in [0.717, 1.165) is 0 Å². The number of amidine groups is 1. The van der Waals surface area contributed by atoms with Gasteiger partial charge in [0.15, 0.2) is 5.75 Å². The highest BCUT2D eigenvalue weighted by Crippen LogP contribution is 2.26. The highest BCUT2D eigenvalue weighted by atomic mass is 79.9. The molecule has 21 heavy (non-hydrogen) atoms. The summed E-state index contributed by atoms with van der Waals surface area (Å²) in [7, 11) is 0. The molecule has 0 fully saturated rings. The Morgan fingerprint density at radius 3 is 2.67 bits per heavy atom. The van der Waals surface area contributed by atoms with E-state index < -0.39 is 10.9 Å². The lowest BCUT2D eigenvalue weighted by Gasteiger charge is -2.14. The zero-order valence-electron chi connectivity index (χ0n) is 11.1. The maximum Gasteiger partial charge on any atom is 0.272 e. The van der Waals surface area contributed by atoms with Crippen molar-refractivity contribution < 1.29 is 4.74 Å². The van der Waals surface area contributed by atoms with Crippen LogP contribution in [-0.2, 0) is 0 Å². The van der Waals surface area contributed by atoms with Crippen molar-refractivity contribution in [3.63, 3.8) is 0 Å². The van der Waals surface area contributed by atoms with E-state index in [-0.39, 0.29) is 17.3 Å². The van der Waals surface area contributed by atoms with E-state index in [1.54, 1.807) is 25.1 Å². The molecule has 0 aliphatic rings. The van der Waals surface area contributed by atoms with Gasteiger partial charge in [0.2, 0.25) is 0 Å². The van der Waals surface area contributed by atoms with Gasteiger partial charge in [-0.25, -0.2) is 0 Å². The number of halogens is 1. The van der Waals surface area contributed by atoms with Crippen molar-refractivity contribution in [1.82, 2.24) is 0 Å². The van der Waals surface area contributed by atoms with E-state index in [2.05, 4.69) is 26.3 Å². The zero-order chi connectivity index (χ0) is 15.6. The molecule has 0 aliphatic carbocycles. The van der Waals surface area contributed by atoms with Crippen molar-refractivity contribution in [3.05, 3.63) is 48.7 Å². The lowest BCUT2D eigenvalue weighted by atomic mass is 10.1. The van der Waals surface area contributed by atoms with Crippen LogP contribution in [0.15, 0.2) is 37.4 Å². The summed E-state index contributed by atoms with van der Waals surface area (Å²) in [6.07, 6.45) is 0. The summed E-state index contributed by atoms with van der Waals surface area (Å²) >= 11 is 3.32. The number of hydrogen-bond acceptors (Lipinski definition) is 6. The smallest absolute Gasteiger partial charge is 0.272 e. The summed E-state index contributed by atoms with van der Waals surface area (Å²) in [5.41, 5.74) is 5.68. The van der Waals surface area contributed by atoms with Crippen LogP contribution in [0, 0.1) is 0 Å². The van der Waals surface area contributed by atoms with Gasteiger partial charge in [-0.05, 0) is 25.1 Å². The van der Waals surface area contributed by atoms with Crippen molar-refractivity contribution >= 4 is 33.1 Å². The molecule has 0 radical (unpaired) electrons. The Morgan fingerprint density at radius 1 is 1.33 bits per heavy atom. The van der Waals surface area contributed by atoms with E-state index >= 15 is 0 Å². The number of hydrogen-bond donors (Lipinski definition) is 3. The van der Waals surface area contributed by atoms with Gasteiger partial charge in [0, 0.05) is 15.7 Å². The zero-order valence-corrected chi connectivity index (χ0v) is 12.7. The second-order valence-electron chi connectivity index (χ2n) is 4.16. The molecule has 2 rings (SSSR count). The minimum absolute atomic E-state index is 0.0458. The Kier molecular flexibility index (Phi) is 4.27. The first-order valence-electron chi connectivity index (χ1n) is 6.05. The van der Waals surface area contributed by atoms with Crippen LogP contribution < -0.4 is 32.5 Å². The molecule has 0 bridgehead atoms. The summed E-state index contributed by atoms with van der Waals surface area (Å²) < 4.78 is 5.85. The van der Waals surface area contributed by atoms with Gasteiger partial charge in [0.1, 0.15) is 11.5 Å². The van der Waals surface area contributed by atoms with Crippen LogP contribution in [0.1, 0.15) is 12.5 Å². The van der Waals surface area contributed by atoms with Crippen LogP contribution in [0.2, 0.25) is 0 Å². The standard InChI is InChI=1S/C13H13BrN4O3/c1-2-21-12-9(10(19)11(12)20)17-8-4-6(13(15)18-16)3-7(14)5-8/h3-5,17H,2,16H2,1H3,(H2,15,18). The Morgan fingerprint density at radius 2 is 2.05 bits per heavy atom.